The number of alkyl halides is 3. The van der Waals surface area contributed by atoms with E-state index in [9.17, 15) is 18.0 Å². The SMILES string of the molecule is O=Cc1cc(Cl)ccc1OCCCC(F)(F)F. The van der Waals surface area contributed by atoms with E-state index in [-0.39, 0.29) is 24.3 Å². The van der Waals surface area contributed by atoms with Crippen LogP contribution >= 0.6 is 11.6 Å². The summed E-state index contributed by atoms with van der Waals surface area (Å²) in [5.41, 5.74) is 0.226. The number of hydrogen-bond donors (Lipinski definition) is 0. The second kappa shape index (κ2) is 5.91. The van der Waals surface area contributed by atoms with Crippen molar-refractivity contribution in [2.24, 2.45) is 0 Å². The molecule has 2 nitrogen and oxygen atoms in total. The molecular weight excluding hydrogens is 257 g/mol. The van der Waals surface area contributed by atoms with E-state index in [1.807, 2.05) is 0 Å². The third-order valence-corrected chi connectivity index (χ3v) is 2.20. The molecule has 0 saturated carbocycles. The van der Waals surface area contributed by atoms with Gasteiger partial charge in [0, 0.05) is 11.4 Å². The van der Waals surface area contributed by atoms with Crippen molar-refractivity contribution in [1.82, 2.24) is 0 Å². The number of halogens is 4. The van der Waals surface area contributed by atoms with E-state index in [4.69, 9.17) is 16.3 Å². The molecule has 94 valence electrons. The Morgan fingerprint density at radius 3 is 2.65 bits per heavy atom. The largest absolute Gasteiger partial charge is 0.493 e. The smallest absolute Gasteiger partial charge is 0.389 e. The van der Waals surface area contributed by atoms with Gasteiger partial charge < -0.3 is 4.74 Å². The number of ether oxygens (including phenoxy) is 1. The van der Waals surface area contributed by atoms with Gasteiger partial charge in [-0.1, -0.05) is 11.6 Å². The summed E-state index contributed by atoms with van der Waals surface area (Å²) in [5, 5.41) is 0.370. The molecule has 6 heteroatoms. The molecule has 0 radical (unpaired) electrons. The lowest BCUT2D eigenvalue weighted by Crippen LogP contribution is -2.10. The van der Waals surface area contributed by atoms with Crippen LogP contribution in [0.1, 0.15) is 23.2 Å². The van der Waals surface area contributed by atoms with E-state index < -0.39 is 12.6 Å². The van der Waals surface area contributed by atoms with Crippen LogP contribution in [-0.2, 0) is 0 Å². The molecule has 17 heavy (non-hydrogen) atoms. The molecule has 1 rings (SSSR count). The third-order valence-electron chi connectivity index (χ3n) is 1.96. The lowest BCUT2D eigenvalue weighted by Gasteiger charge is -2.09. The summed E-state index contributed by atoms with van der Waals surface area (Å²) in [4.78, 5) is 10.7. The van der Waals surface area contributed by atoms with Gasteiger partial charge in [0.15, 0.2) is 6.29 Å². The monoisotopic (exact) mass is 266 g/mol. The van der Waals surface area contributed by atoms with Crippen LogP contribution in [0.15, 0.2) is 18.2 Å². The molecule has 0 amide bonds. The molecule has 0 unspecified atom stereocenters. The normalized spacial score (nSPS) is 11.3. The first kappa shape index (κ1) is 13.8. The second-order valence-electron chi connectivity index (χ2n) is 3.37. The lowest BCUT2D eigenvalue weighted by molar-refractivity contribution is -0.136. The summed E-state index contributed by atoms with van der Waals surface area (Å²) < 4.78 is 40.6. The summed E-state index contributed by atoms with van der Waals surface area (Å²) in [7, 11) is 0. The maximum absolute atomic E-state index is 11.9. The molecule has 1 aromatic carbocycles. The molecule has 0 bridgehead atoms. The second-order valence-corrected chi connectivity index (χ2v) is 3.80. The Bertz CT molecular complexity index is 391. The van der Waals surface area contributed by atoms with Gasteiger partial charge in [-0.25, -0.2) is 0 Å². The Hall–Kier alpha value is -1.23. The zero-order valence-electron chi connectivity index (χ0n) is 8.76. The molecule has 0 fully saturated rings. The van der Waals surface area contributed by atoms with Gasteiger partial charge in [0.1, 0.15) is 5.75 Å². The van der Waals surface area contributed by atoms with Crippen molar-refractivity contribution in [3.05, 3.63) is 28.8 Å². The predicted molar refractivity (Wildman–Crippen MR) is 57.6 cm³/mol. The van der Waals surface area contributed by atoms with E-state index in [2.05, 4.69) is 0 Å². The molecule has 0 saturated heterocycles. The molecule has 0 heterocycles. The van der Waals surface area contributed by atoms with Gasteiger partial charge in [0.2, 0.25) is 0 Å². The van der Waals surface area contributed by atoms with Crippen molar-refractivity contribution in [2.75, 3.05) is 6.61 Å². The highest BCUT2D eigenvalue weighted by molar-refractivity contribution is 6.30. The average Bonchev–Trinajstić information content (AvgIpc) is 2.24. The third kappa shape index (κ3) is 5.08. The minimum absolute atomic E-state index is 0.0953. The van der Waals surface area contributed by atoms with E-state index in [0.717, 1.165) is 0 Å². The number of benzene rings is 1. The summed E-state index contributed by atoms with van der Waals surface area (Å²) in [6, 6.07) is 4.36. The molecule has 0 aliphatic rings. The minimum Gasteiger partial charge on any atom is -0.493 e. The maximum Gasteiger partial charge on any atom is 0.389 e. The zero-order chi connectivity index (χ0) is 12.9. The van der Waals surface area contributed by atoms with Crippen molar-refractivity contribution in [3.8, 4) is 5.75 Å². The van der Waals surface area contributed by atoms with Crippen LogP contribution in [0.5, 0.6) is 5.75 Å². The minimum atomic E-state index is -4.18. The molecule has 0 aliphatic heterocycles. The summed E-state index contributed by atoms with van der Waals surface area (Å²) >= 11 is 5.65. The van der Waals surface area contributed by atoms with E-state index >= 15 is 0 Å². The van der Waals surface area contributed by atoms with Gasteiger partial charge in [0.25, 0.3) is 0 Å². The van der Waals surface area contributed by atoms with E-state index in [0.29, 0.717) is 11.3 Å². The topological polar surface area (TPSA) is 26.3 Å². The Morgan fingerprint density at radius 1 is 1.35 bits per heavy atom. The molecule has 0 aromatic heterocycles. The fourth-order valence-electron chi connectivity index (χ4n) is 1.20. The van der Waals surface area contributed by atoms with Gasteiger partial charge >= 0.3 is 6.18 Å². The molecule has 0 N–H and O–H groups in total. The van der Waals surface area contributed by atoms with Crippen molar-refractivity contribution >= 4 is 17.9 Å². The Labute approximate surface area is 101 Å². The molecular formula is C11H10ClF3O2. The first-order chi connectivity index (χ1) is 7.92. The van der Waals surface area contributed by atoms with E-state index in [1.54, 1.807) is 0 Å². The molecule has 1 aromatic rings. The summed E-state index contributed by atoms with van der Waals surface area (Å²) in [5.74, 6) is 0.242. The number of carbonyl (C=O) groups excluding carboxylic acids is 1. The predicted octanol–water partition coefficient (Wildman–Crippen LogP) is 3.87. The standard InChI is InChI=1S/C11H10ClF3O2/c12-9-2-3-10(8(6-9)7-16)17-5-1-4-11(13,14)15/h2-3,6-7H,1,4-5H2. The van der Waals surface area contributed by atoms with Gasteiger partial charge in [-0.3, -0.25) is 4.79 Å². The van der Waals surface area contributed by atoms with Gasteiger partial charge in [0.05, 0.1) is 12.2 Å². The lowest BCUT2D eigenvalue weighted by atomic mass is 10.2. The van der Waals surface area contributed by atoms with Crippen molar-refractivity contribution < 1.29 is 22.7 Å². The highest BCUT2D eigenvalue weighted by Gasteiger charge is 2.26. The van der Waals surface area contributed by atoms with Crippen molar-refractivity contribution in [2.45, 2.75) is 19.0 Å². The quantitative estimate of drug-likeness (QED) is 0.597. The van der Waals surface area contributed by atoms with Crippen molar-refractivity contribution in [3.63, 3.8) is 0 Å². The fourth-order valence-corrected chi connectivity index (χ4v) is 1.38. The van der Waals surface area contributed by atoms with Crippen LogP contribution in [0.2, 0.25) is 5.02 Å². The molecule has 0 atom stereocenters. The van der Waals surface area contributed by atoms with Crippen LogP contribution in [0.25, 0.3) is 0 Å². The molecule has 0 aliphatic carbocycles. The van der Waals surface area contributed by atoms with E-state index in [1.165, 1.54) is 18.2 Å². The van der Waals surface area contributed by atoms with Gasteiger partial charge in [-0.15, -0.1) is 0 Å². The summed E-state index contributed by atoms with van der Waals surface area (Å²) in [6.45, 7) is -0.0953. The average molecular weight is 267 g/mol. The van der Waals surface area contributed by atoms with Crippen LogP contribution in [0.4, 0.5) is 13.2 Å². The zero-order valence-corrected chi connectivity index (χ0v) is 9.52. The van der Waals surface area contributed by atoms with Crippen LogP contribution in [0.3, 0.4) is 0 Å². The van der Waals surface area contributed by atoms with Gasteiger partial charge in [-0.05, 0) is 24.6 Å². The van der Waals surface area contributed by atoms with Crippen LogP contribution in [-0.4, -0.2) is 19.1 Å². The highest BCUT2D eigenvalue weighted by Crippen LogP contribution is 2.23. The number of carbonyl (C=O) groups is 1. The Balaban J connectivity index is 2.49. The number of rotatable bonds is 5. The Morgan fingerprint density at radius 2 is 2.06 bits per heavy atom. The van der Waals surface area contributed by atoms with Crippen LogP contribution < -0.4 is 4.74 Å². The number of hydrogen-bond acceptors (Lipinski definition) is 2. The first-order valence-electron chi connectivity index (χ1n) is 4.86. The summed E-state index contributed by atoms with van der Waals surface area (Å²) in [6.07, 6.45) is -4.69. The molecule has 0 spiro atoms. The maximum atomic E-state index is 11.9. The highest BCUT2D eigenvalue weighted by atomic mass is 35.5. The Kier molecular flexibility index (Phi) is 4.81. The fraction of sp³-hybridized carbons (Fsp3) is 0.364. The van der Waals surface area contributed by atoms with Gasteiger partial charge in [-0.2, -0.15) is 13.2 Å². The number of aldehydes is 1. The van der Waals surface area contributed by atoms with Crippen molar-refractivity contribution in [1.29, 1.82) is 0 Å². The first-order valence-corrected chi connectivity index (χ1v) is 5.24. The van der Waals surface area contributed by atoms with Crippen LogP contribution in [0, 0.1) is 0 Å².